The van der Waals surface area contributed by atoms with E-state index < -0.39 is 67.4 Å². The summed E-state index contributed by atoms with van der Waals surface area (Å²) in [6.07, 6.45) is 75.5. The van der Waals surface area contributed by atoms with Gasteiger partial charge in [0.25, 0.3) is 0 Å². The normalized spacial score (nSPS) is 18.9. The number of hydrogen-bond acceptors (Lipinski definition) is 10. The second-order valence-corrected chi connectivity index (χ2v) is 24.2. The maximum Gasteiger partial charge on any atom is 0.306 e. The van der Waals surface area contributed by atoms with Crippen molar-refractivity contribution in [3.05, 3.63) is 109 Å². The van der Waals surface area contributed by atoms with Crippen molar-refractivity contribution in [2.75, 3.05) is 13.2 Å². The molecule has 1 aliphatic heterocycles. The highest BCUT2D eigenvalue weighted by molar-refractivity contribution is 5.80. The smallest absolute Gasteiger partial charge is 0.306 e. The molecule has 0 aliphatic carbocycles. The number of rotatable bonds is 60. The van der Waals surface area contributed by atoms with Crippen LogP contribution in [0.25, 0.3) is 0 Å². The minimum Gasteiger partial charge on any atom is -0.454 e. The molecule has 1 fully saturated rings. The summed E-state index contributed by atoms with van der Waals surface area (Å²) < 4.78 is 17.7. The van der Waals surface area contributed by atoms with Crippen LogP contribution in [0.4, 0.5) is 0 Å². The van der Waals surface area contributed by atoms with Crippen LogP contribution < -0.4 is 5.32 Å². The number of esters is 1. The molecule has 11 heteroatoms. The van der Waals surface area contributed by atoms with Gasteiger partial charge < -0.3 is 45.1 Å². The number of nitrogens with one attached hydrogen (secondary N) is 1. The van der Waals surface area contributed by atoms with E-state index in [2.05, 4.69) is 123 Å². The molecule has 0 aromatic rings. The van der Waals surface area contributed by atoms with Crippen LogP contribution in [0.3, 0.4) is 0 Å². The summed E-state index contributed by atoms with van der Waals surface area (Å²) in [6, 6.07) is -1.05. The minimum atomic E-state index is -1.63. The molecule has 0 saturated carbocycles. The molecule has 11 nitrogen and oxygen atoms in total. The van der Waals surface area contributed by atoms with Crippen molar-refractivity contribution in [2.45, 2.75) is 346 Å². The first kappa shape index (κ1) is 81.3. The molecule has 6 N–H and O–H groups in total. The third-order valence-electron chi connectivity index (χ3n) is 16.2. The van der Waals surface area contributed by atoms with Gasteiger partial charge in [-0.05, 0) is 109 Å². The lowest BCUT2D eigenvalue weighted by atomic mass is 9.99. The molecule has 0 aromatic heterocycles. The summed E-state index contributed by atoms with van der Waals surface area (Å²) in [4.78, 5) is 26.7. The number of carbonyl (C=O) groups is 2. The predicted octanol–water partition coefficient (Wildman–Crippen LogP) is 18.4. The van der Waals surface area contributed by atoms with Crippen LogP contribution in [0.1, 0.15) is 297 Å². The monoisotopic (exact) mass is 1220 g/mol. The van der Waals surface area contributed by atoms with E-state index >= 15 is 0 Å². The van der Waals surface area contributed by atoms with E-state index in [4.69, 9.17) is 14.2 Å². The number of unbranched alkanes of at least 4 members (excludes halogenated alkanes) is 30. The van der Waals surface area contributed by atoms with E-state index in [0.29, 0.717) is 12.8 Å². The molecule has 0 radical (unpaired) electrons. The highest BCUT2D eigenvalue weighted by Gasteiger charge is 2.47. The van der Waals surface area contributed by atoms with E-state index in [9.17, 15) is 35.1 Å². The lowest BCUT2D eigenvalue weighted by Gasteiger charge is -2.41. The average molecular weight is 1220 g/mol. The van der Waals surface area contributed by atoms with Gasteiger partial charge in [0, 0.05) is 6.42 Å². The Labute approximate surface area is 532 Å². The fourth-order valence-electron chi connectivity index (χ4n) is 10.6. The highest BCUT2D eigenvalue weighted by Crippen LogP contribution is 2.26. The summed E-state index contributed by atoms with van der Waals surface area (Å²) in [5, 5.41) is 57.3. The number of aliphatic hydroxyl groups is 5. The molecule has 0 spiro atoms. The number of carbonyl (C=O) groups excluding carboxylic acids is 2. The van der Waals surface area contributed by atoms with Crippen molar-refractivity contribution < 1.29 is 49.3 Å². The van der Waals surface area contributed by atoms with Crippen LogP contribution in [0.15, 0.2) is 109 Å². The number of amides is 1. The zero-order valence-corrected chi connectivity index (χ0v) is 55.6. The van der Waals surface area contributed by atoms with Crippen molar-refractivity contribution in [1.82, 2.24) is 5.32 Å². The second kappa shape index (κ2) is 62.5. The Morgan fingerprint density at radius 2 is 0.828 bits per heavy atom. The minimum absolute atomic E-state index is 0.115. The van der Waals surface area contributed by atoms with Crippen molar-refractivity contribution in [1.29, 1.82) is 0 Å². The Kier molecular flexibility index (Phi) is 58.4. The SMILES string of the molecule is CC/C=C\C/C=C\C/C=C\C/C=C\C/C=C\C/C=C\CCCCCC(O)C(=O)NC(COC1OC(CO)C(O)C(O)C1OC(=O)CCCCCCCCCCCCCCC/C=C\C/C=C\CCCCC)C(O)/C=C/CCCCCCCCCCCCC. The molecule has 1 amide bonds. The van der Waals surface area contributed by atoms with Crippen molar-refractivity contribution in [2.24, 2.45) is 0 Å². The van der Waals surface area contributed by atoms with Gasteiger partial charge in [-0.2, -0.15) is 0 Å². The molecule has 1 saturated heterocycles. The topological polar surface area (TPSA) is 175 Å². The van der Waals surface area contributed by atoms with E-state index in [0.717, 1.165) is 103 Å². The summed E-state index contributed by atoms with van der Waals surface area (Å²) in [6.45, 7) is 5.66. The summed E-state index contributed by atoms with van der Waals surface area (Å²) in [7, 11) is 0. The highest BCUT2D eigenvalue weighted by atomic mass is 16.7. The van der Waals surface area contributed by atoms with Crippen molar-refractivity contribution >= 4 is 11.9 Å². The second-order valence-electron chi connectivity index (χ2n) is 24.2. The Morgan fingerprint density at radius 1 is 0.460 bits per heavy atom. The first-order chi connectivity index (χ1) is 42.7. The average Bonchev–Trinajstić information content (AvgIpc) is 2.25. The van der Waals surface area contributed by atoms with Gasteiger partial charge in [-0.1, -0.05) is 291 Å². The number of aliphatic hydroxyl groups excluding tert-OH is 5. The van der Waals surface area contributed by atoms with Gasteiger partial charge in [0.2, 0.25) is 5.91 Å². The fraction of sp³-hybridized carbons (Fsp3) is 0.737. The van der Waals surface area contributed by atoms with E-state index in [-0.39, 0.29) is 19.4 Å². The molecule has 1 heterocycles. The molecular formula is C76H131NO10. The summed E-state index contributed by atoms with van der Waals surface area (Å²) in [5.41, 5.74) is 0. The molecule has 8 atom stereocenters. The van der Waals surface area contributed by atoms with Crippen molar-refractivity contribution in [3.8, 4) is 0 Å². The third kappa shape index (κ3) is 49.7. The molecule has 0 aromatic carbocycles. The maximum absolute atomic E-state index is 13.5. The summed E-state index contributed by atoms with van der Waals surface area (Å²) >= 11 is 0. The first-order valence-corrected chi connectivity index (χ1v) is 35.7. The standard InChI is InChI=1S/C76H131NO10/c1-4-7-10-13-16-19-22-25-27-29-31-33-35-37-39-41-43-46-49-52-55-58-61-64-71(81)87-74-73(83)72(82)70(65-78)86-76(74)85-66-67(68(79)62-59-56-53-50-47-44-24-21-18-15-12-9-6-3)77-75(84)69(80)63-60-57-54-51-48-45-42-40-38-36-34-32-30-28-26-23-20-17-14-11-8-5-2/h8,11,16-17,19-20,25-28,32,34,38,40,45,48,59,62,67-70,72-74,76,78-80,82-83H,4-7,9-10,12-15,18,21-24,29-31,33,35-37,39,41-44,46-47,49-58,60-61,63-66H2,1-3H3,(H,77,84)/b11-8-,19-16-,20-17-,27-25-,28-26-,34-32-,40-38-,48-45-,62-59+. The Bertz CT molecular complexity index is 1830. The van der Waals surface area contributed by atoms with Crippen LogP contribution in [0.2, 0.25) is 0 Å². The molecule has 1 rings (SSSR count). The van der Waals surface area contributed by atoms with Crippen LogP contribution in [0, 0.1) is 0 Å². The zero-order chi connectivity index (χ0) is 63.1. The van der Waals surface area contributed by atoms with E-state index in [1.54, 1.807) is 6.08 Å². The van der Waals surface area contributed by atoms with Crippen LogP contribution in [-0.4, -0.2) is 99.6 Å². The molecule has 1 aliphatic rings. The maximum atomic E-state index is 13.5. The molecule has 500 valence electrons. The molecular weight excluding hydrogens is 1090 g/mol. The number of ether oxygens (including phenoxy) is 3. The molecule has 0 bridgehead atoms. The van der Waals surface area contributed by atoms with E-state index in [1.807, 2.05) is 6.08 Å². The van der Waals surface area contributed by atoms with Crippen LogP contribution in [-0.2, 0) is 23.8 Å². The van der Waals surface area contributed by atoms with Gasteiger partial charge in [-0.25, -0.2) is 0 Å². The largest absolute Gasteiger partial charge is 0.454 e. The third-order valence-corrected chi connectivity index (χ3v) is 16.2. The van der Waals surface area contributed by atoms with Crippen LogP contribution in [0.5, 0.6) is 0 Å². The zero-order valence-electron chi connectivity index (χ0n) is 55.6. The van der Waals surface area contributed by atoms with Crippen molar-refractivity contribution in [3.63, 3.8) is 0 Å². The van der Waals surface area contributed by atoms with Crippen LogP contribution >= 0.6 is 0 Å². The van der Waals surface area contributed by atoms with E-state index in [1.165, 1.54) is 148 Å². The lowest BCUT2D eigenvalue weighted by Crippen LogP contribution is -2.61. The summed E-state index contributed by atoms with van der Waals surface area (Å²) in [5.74, 6) is -1.22. The van der Waals surface area contributed by atoms with Gasteiger partial charge in [0.1, 0.15) is 24.4 Å². The number of hydrogen-bond donors (Lipinski definition) is 6. The van der Waals surface area contributed by atoms with Gasteiger partial charge in [0.05, 0.1) is 25.4 Å². The fourth-order valence-corrected chi connectivity index (χ4v) is 10.6. The molecule has 8 unspecified atom stereocenters. The number of allylic oxidation sites excluding steroid dienone is 17. The Hall–Kier alpha value is -3.68. The van der Waals surface area contributed by atoms with Gasteiger partial charge >= 0.3 is 5.97 Å². The predicted molar refractivity (Wildman–Crippen MR) is 365 cm³/mol. The van der Waals surface area contributed by atoms with Gasteiger partial charge in [-0.3, -0.25) is 9.59 Å². The van der Waals surface area contributed by atoms with Gasteiger partial charge in [-0.15, -0.1) is 0 Å². The van der Waals surface area contributed by atoms with Gasteiger partial charge in [0.15, 0.2) is 12.4 Å². The molecule has 87 heavy (non-hydrogen) atoms. The lowest BCUT2D eigenvalue weighted by molar-refractivity contribution is -0.305. The Balaban J connectivity index is 2.62. The Morgan fingerprint density at radius 3 is 1.26 bits per heavy atom. The first-order valence-electron chi connectivity index (χ1n) is 35.7. The quantitative estimate of drug-likeness (QED) is 0.0195.